The SMILES string of the molecule is COc1ccc(C)cc1C(N)CN(CC(F)(F)F)C1CC1. The zero-order valence-corrected chi connectivity index (χ0v) is 12.3. The highest BCUT2D eigenvalue weighted by atomic mass is 19.4. The molecule has 2 rings (SSSR count). The van der Waals surface area contributed by atoms with Crippen LogP contribution >= 0.6 is 0 Å². The van der Waals surface area contributed by atoms with Gasteiger partial charge in [0.2, 0.25) is 0 Å². The number of aryl methyl sites for hydroxylation is 1. The van der Waals surface area contributed by atoms with Crippen LogP contribution in [0, 0.1) is 6.92 Å². The van der Waals surface area contributed by atoms with Crippen molar-refractivity contribution in [3.63, 3.8) is 0 Å². The van der Waals surface area contributed by atoms with Crippen LogP contribution in [0.5, 0.6) is 5.75 Å². The molecule has 1 fully saturated rings. The number of halogens is 3. The summed E-state index contributed by atoms with van der Waals surface area (Å²) >= 11 is 0. The van der Waals surface area contributed by atoms with Crippen LogP contribution in [-0.4, -0.2) is 37.3 Å². The zero-order chi connectivity index (χ0) is 15.6. The van der Waals surface area contributed by atoms with Crippen LogP contribution in [0.2, 0.25) is 0 Å². The molecule has 3 nitrogen and oxygen atoms in total. The Hall–Kier alpha value is -1.27. The zero-order valence-electron chi connectivity index (χ0n) is 12.3. The fraction of sp³-hybridized carbons (Fsp3) is 0.600. The van der Waals surface area contributed by atoms with Gasteiger partial charge in [-0.2, -0.15) is 13.2 Å². The number of rotatable bonds is 6. The summed E-state index contributed by atoms with van der Waals surface area (Å²) in [5, 5.41) is 0. The smallest absolute Gasteiger partial charge is 0.401 e. The van der Waals surface area contributed by atoms with Crippen LogP contribution in [0.3, 0.4) is 0 Å². The van der Waals surface area contributed by atoms with Crippen molar-refractivity contribution in [3.8, 4) is 5.75 Å². The summed E-state index contributed by atoms with van der Waals surface area (Å²) < 4.78 is 43.2. The van der Waals surface area contributed by atoms with E-state index in [4.69, 9.17) is 10.5 Å². The highest BCUT2D eigenvalue weighted by Gasteiger charge is 2.38. The van der Waals surface area contributed by atoms with Gasteiger partial charge in [0.15, 0.2) is 0 Å². The fourth-order valence-corrected chi connectivity index (χ4v) is 2.51. The molecule has 1 aliphatic carbocycles. The molecule has 1 aliphatic rings. The minimum Gasteiger partial charge on any atom is -0.496 e. The number of ether oxygens (including phenoxy) is 1. The molecule has 2 N–H and O–H groups in total. The van der Waals surface area contributed by atoms with E-state index in [0.717, 1.165) is 24.0 Å². The van der Waals surface area contributed by atoms with Crippen molar-refractivity contribution in [1.29, 1.82) is 0 Å². The van der Waals surface area contributed by atoms with Gasteiger partial charge < -0.3 is 10.5 Å². The summed E-state index contributed by atoms with van der Waals surface area (Å²) in [6, 6.07) is 5.08. The summed E-state index contributed by atoms with van der Waals surface area (Å²) in [5.74, 6) is 0.621. The molecule has 6 heteroatoms. The Balaban J connectivity index is 2.11. The van der Waals surface area contributed by atoms with Gasteiger partial charge in [-0.1, -0.05) is 17.7 Å². The maximum absolute atomic E-state index is 12.6. The van der Waals surface area contributed by atoms with Crippen molar-refractivity contribution < 1.29 is 17.9 Å². The molecule has 0 heterocycles. The van der Waals surface area contributed by atoms with E-state index < -0.39 is 18.8 Å². The first-order valence-electron chi connectivity index (χ1n) is 7.01. The number of hydrogen-bond donors (Lipinski definition) is 1. The van der Waals surface area contributed by atoms with E-state index in [1.54, 1.807) is 6.07 Å². The van der Waals surface area contributed by atoms with E-state index in [1.807, 2.05) is 19.1 Å². The molecule has 118 valence electrons. The fourth-order valence-electron chi connectivity index (χ4n) is 2.51. The van der Waals surface area contributed by atoms with Crippen molar-refractivity contribution in [2.45, 2.75) is 38.0 Å². The van der Waals surface area contributed by atoms with E-state index in [-0.39, 0.29) is 12.6 Å². The van der Waals surface area contributed by atoms with Gasteiger partial charge in [-0.3, -0.25) is 4.90 Å². The van der Waals surface area contributed by atoms with Crippen LogP contribution in [0.1, 0.15) is 30.0 Å². The van der Waals surface area contributed by atoms with Gasteiger partial charge in [-0.05, 0) is 25.8 Å². The highest BCUT2D eigenvalue weighted by Crippen LogP contribution is 2.33. The van der Waals surface area contributed by atoms with Gasteiger partial charge >= 0.3 is 6.18 Å². The van der Waals surface area contributed by atoms with Crippen molar-refractivity contribution >= 4 is 0 Å². The Morgan fingerprint density at radius 2 is 2.05 bits per heavy atom. The third-order valence-corrected chi connectivity index (χ3v) is 3.66. The summed E-state index contributed by atoms with van der Waals surface area (Å²) in [4.78, 5) is 1.44. The minimum absolute atomic E-state index is 0.00785. The third-order valence-electron chi connectivity index (χ3n) is 3.66. The lowest BCUT2D eigenvalue weighted by atomic mass is 10.0. The molecule has 1 atom stereocenters. The molecule has 0 aromatic heterocycles. The molecule has 0 aliphatic heterocycles. The predicted molar refractivity (Wildman–Crippen MR) is 75.3 cm³/mol. The Kier molecular flexibility index (Phi) is 4.78. The first-order valence-corrected chi connectivity index (χ1v) is 7.01. The van der Waals surface area contributed by atoms with Gasteiger partial charge in [-0.25, -0.2) is 0 Å². The van der Waals surface area contributed by atoms with E-state index in [1.165, 1.54) is 12.0 Å². The number of hydrogen-bond acceptors (Lipinski definition) is 3. The Morgan fingerprint density at radius 3 is 2.57 bits per heavy atom. The normalized spacial score (nSPS) is 17.1. The molecule has 1 aromatic carbocycles. The molecule has 0 radical (unpaired) electrons. The Labute approximate surface area is 122 Å². The topological polar surface area (TPSA) is 38.5 Å². The number of alkyl halides is 3. The maximum Gasteiger partial charge on any atom is 0.401 e. The lowest BCUT2D eigenvalue weighted by Crippen LogP contribution is -2.40. The van der Waals surface area contributed by atoms with E-state index in [9.17, 15) is 13.2 Å². The van der Waals surface area contributed by atoms with Gasteiger partial charge in [0.1, 0.15) is 5.75 Å². The number of methoxy groups -OCH3 is 1. The summed E-state index contributed by atoms with van der Waals surface area (Å²) in [6.07, 6.45) is -2.57. The minimum atomic E-state index is -4.20. The average molecular weight is 302 g/mol. The second kappa shape index (κ2) is 6.23. The van der Waals surface area contributed by atoms with E-state index >= 15 is 0 Å². The molecule has 21 heavy (non-hydrogen) atoms. The number of nitrogens with zero attached hydrogens (tertiary/aromatic N) is 1. The monoisotopic (exact) mass is 302 g/mol. The van der Waals surface area contributed by atoms with Crippen molar-refractivity contribution in [2.24, 2.45) is 5.73 Å². The van der Waals surface area contributed by atoms with Gasteiger partial charge in [0.25, 0.3) is 0 Å². The summed E-state index contributed by atoms with van der Waals surface area (Å²) in [7, 11) is 1.54. The molecular weight excluding hydrogens is 281 g/mol. The molecule has 0 bridgehead atoms. The van der Waals surface area contributed by atoms with Crippen LogP contribution in [0.4, 0.5) is 13.2 Å². The van der Waals surface area contributed by atoms with Crippen molar-refractivity contribution in [2.75, 3.05) is 20.2 Å². The summed E-state index contributed by atoms with van der Waals surface area (Å²) in [5.41, 5.74) is 7.90. The van der Waals surface area contributed by atoms with Crippen LogP contribution in [0.15, 0.2) is 18.2 Å². The van der Waals surface area contributed by atoms with Crippen molar-refractivity contribution in [1.82, 2.24) is 4.90 Å². The predicted octanol–water partition coefficient (Wildman–Crippen LogP) is 3.03. The van der Waals surface area contributed by atoms with Crippen molar-refractivity contribution in [3.05, 3.63) is 29.3 Å². The van der Waals surface area contributed by atoms with Gasteiger partial charge in [0.05, 0.1) is 13.7 Å². The van der Waals surface area contributed by atoms with Crippen LogP contribution in [0.25, 0.3) is 0 Å². The molecule has 1 saturated carbocycles. The number of nitrogens with two attached hydrogens (primary N) is 1. The quantitative estimate of drug-likeness (QED) is 0.878. The third kappa shape index (κ3) is 4.61. The van der Waals surface area contributed by atoms with Gasteiger partial charge in [0, 0.05) is 24.2 Å². The molecule has 0 amide bonds. The number of benzene rings is 1. The highest BCUT2D eigenvalue weighted by molar-refractivity contribution is 5.39. The standard InChI is InChI=1S/C15H21F3N2O/c1-10-3-6-14(21-2)12(7-10)13(19)8-20(11-4-5-11)9-15(16,17)18/h3,6-7,11,13H,4-5,8-9,19H2,1-2H3. The van der Waals surface area contributed by atoms with Gasteiger partial charge in [-0.15, -0.1) is 0 Å². The lowest BCUT2D eigenvalue weighted by molar-refractivity contribution is -0.147. The second-order valence-corrected chi connectivity index (χ2v) is 5.63. The summed E-state index contributed by atoms with van der Waals surface area (Å²) in [6.45, 7) is 1.20. The molecule has 0 saturated heterocycles. The van der Waals surface area contributed by atoms with Crippen LogP contribution < -0.4 is 10.5 Å². The first-order chi connectivity index (χ1) is 9.80. The maximum atomic E-state index is 12.6. The molecular formula is C15H21F3N2O. The Morgan fingerprint density at radius 1 is 1.38 bits per heavy atom. The van der Waals surface area contributed by atoms with E-state index in [0.29, 0.717) is 5.75 Å². The van der Waals surface area contributed by atoms with E-state index in [2.05, 4.69) is 0 Å². The first kappa shape index (κ1) is 16.1. The molecule has 1 unspecified atom stereocenters. The molecule has 1 aromatic rings. The second-order valence-electron chi connectivity index (χ2n) is 5.63. The Bertz CT molecular complexity index is 486. The van der Waals surface area contributed by atoms with Crippen LogP contribution in [-0.2, 0) is 0 Å². The lowest BCUT2D eigenvalue weighted by Gasteiger charge is -2.27. The average Bonchev–Trinajstić information content (AvgIpc) is 3.20. The largest absolute Gasteiger partial charge is 0.496 e. The molecule has 0 spiro atoms.